The molecule has 0 radical (unpaired) electrons. The third-order valence-corrected chi connectivity index (χ3v) is 2.94. The molecule has 1 aromatic carbocycles. The highest BCUT2D eigenvalue weighted by atomic mass is 19.1. The van der Waals surface area contributed by atoms with Gasteiger partial charge >= 0.3 is 5.97 Å². The van der Waals surface area contributed by atoms with E-state index in [1.54, 1.807) is 6.92 Å². The van der Waals surface area contributed by atoms with Crippen molar-refractivity contribution in [2.75, 3.05) is 0 Å². The molecule has 0 unspecified atom stereocenters. The van der Waals surface area contributed by atoms with Gasteiger partial charge in [-0.1, -0.05) is 6.92 Å². The number of carbonyl (C=O) groups is 3. The Morgan fingerprint density at radius 1 is 1.18 bits per heavy atom. The second-order valence-corrected chi connectivity index (χ2v) is 4.54. The summed E-state index contributed by atoms with van der Waals surface area (Å²) in [5, 5.41) is 10.9. The highest BCUT2D eigenvalue weighted by Crippen LogP contribution is 2.15. The number of rotatable bonds is 7. The molecule has 0 saturated carbocycles. The molecule has 0 bridgehead atoms. The predicted molar refractivity (Wildman–Crippen MR) is 69.7 cm³/mol. The van der Waals surface area contributed by atoms with Crippen LogP contribution >= 0.6 is 0 Å². The molecule has 0 spiro atoms. The van der Waals surface area contributed by atoms with Crippen molar-refractivity contribution in [3.05, 3.63) is 35.1 Å². The van der Waals surface area contributed by atoms with Gasteiger partial charge < -0.3 is 10.4 Å². The lowest BCUT2D eigenvalue weighted by Crippen LogP contribution is -2.41. The van der Waals surface area contributed by atoms with Crippen molar-refractivity contribution in [2.24, 2.45) is 0 Å². The number of benzene rings is 1. The van der Waals surface area contributed by atoms with E-state index < -0.39 is 40.9 Å². The molecule has 1 rings (SSSR count). The SMILES string of the molecule is CCC(=O)CC[C@H](NC(=O)c1c(F)cc(F)cc1F)C(=O)O. The van der Waals surface area contributed by atoms with Gasteiger partial charge in [0.1, 0.15) is 34.8 Å². The number of carboxylic acids is 1. The zero-order chi connectivity index (χ0) is 16.9. The largest absolute Gasteiger partial charge is 0.480 e. The molecule has 8 heteroatoms. The Bertz CT molecular complexity index is 581. The van der Waals surface area contributed by atoms with Gasteiger partial charge in [-0.05, 0) is 6.42 Å². The summed E-state index contributed by atoms with van der Waals surface area (Å²) >= 11 is 0. The van der Waals surface area contributed by atoms with Crippen molar-refractivity contribution >= 4 is 17.7 Å². The van der Waals surface area contributed by atoms with Crippen molar-refractivity contribution in [1.82, 2.24) is 5.32 Å². The smallest absolute Gasteiger partial charge is 0.326 e. The fourth-order valence-corrected chi connectivity index (χ4v) is 1.73. The molecular weight excluding hydrogens is 303 g/mol. The summed E-state index contributed by atoms with van der Waals surface area (Å²) < 4.78 is 39.6. The normalized spacial score (nSPS) is 11.8. The van der Waals surface area contributed by atoms with Gasteiger partial charge in [-0.3, -0.25) is 9.59 Å². The number of halogens is 3. The van der Waals surface area contributed by atoms with E-state index in [4.69, 9.17) is 5.11 Å². The van der Waals surface area contributed by atoms with Crippen LogP contribution in [0.2, 0.25) is 0 Å². The van der Waals surface area contributed by atoms with E-state index in [1.165, 1.54) is 0 Å². The molecule has 0 aliphatic carbocycles. The Balaban J connectivity index is 2.88. The quantitative estimate of drug-likeness (QED) is 0.806. The number of hydrogen-bond acceptors (Lipinski definition) is 3. The Morgan fingerprint density at radius 2 is 1.73 bits per heavy atom. The Hall–Kier alpha value is -2.38. The van der Waals surface area contributed by atoms with Gasteiger partial charge in [-0.2, -0.15) is 0 Å². The first-order chi connectivity index (χ1) is 10.3. The molecule has 0 saturated heterocycles. The molecule has 0 aromatic heterocycles. The number of nitrogens with one attached hydrogen (secondary N) is 1. The number of carbonyl (C=O) groups excluding carboxylic acids is 2. The molecule has 0 heterocycles. The number of aliphatic carboxylic acids is 1. The topological polar surface area (TPSA) is 83.5 Å². The molecule has 0 fully saturated rings. The summed E-state index contributed by atoms with van der Waals surface area (Å²) in [4.78, 5) is 34.0. The lowest BCUT2D eigenvalue weighted by molar-refractivity contribution is -0.139. The number of carboxylic acid groups (broad SMARTS) is 1. The first kappa shape index (κ1) is 17.7. The van der Waals surface area contributed by atoms with Crippen molar-refractivity contribution in [1.29, 1.82) is 0 Å². The zero-order valence-electron chi connectivity index (χ0n) is 11.7. The van der Waals surface area contributed by atoms with Crippen LogP contribution in [-0.4, -0.2) is 28.8 Å². The summed E-state index contributed by atoms with van der Waals surface area (Å²) in [5.41, 5.74) is -1.07. The van der Waals surface area contributed by atoms with Crippen LogP contribution in [0.1, 0.15) is 36.5 Å². The lowest BCUT2D eigenvalue weighted by Gasteiger charge is -2.14. The number of hydrogen-bond donors (Lipinski definition) is 2. The highest BCUT2D eigenvalue weighted by molar-refractivity contribution is 5.97. The molecular formula is C14H14F3NO4. The average molecular weight is 317 g/mol. The number of Topliss-reactive ketones (excluding diaryl/α,β-unsaturated/α-hetero) is 1. The molecule has 1 atom stereocenters. The van der Waals surface area contributed by atoms with Crippen molar-refractivity contribution in [2.45, 2.75) is 32.2 Å². The average Bonchev–Trinajstić information content (AvgIpc) is 2.41. The molecule has 5 nitrogen and oxygen atoms in total. The minimum absolute atomic E-state index is 0.0951. The third kappa shape index (κ3) is 4.57. The van der Waals surface area contributed by atoms with Crippen LogP contribution in [0.4, 0.5) is 13.2 Å². The number of ketones is 1. The van der Waals surface area contributed by atoms with Crippen LogP contribution in [0, 0.1) is 17.5 Å². The second kappa shape index (κ2) is 7.58. The third-order valence-electron chi connectivity index (χ3n) is 2.94. The highest BCUT2D eigenvalue weighted by Gasteiger charge is 2.25. The summed E-state index contributed by atoms with van der Waals surface area (Å²) in [6, 6.07) is -0.852. The van der Waals surface area contributed by atoms with E-state index in [9.17, 15) is 27.6 Å². The van der Waals surface area contributed by atoms with Crippen molar-refractivity contribution in [3.8, 4) is 0 Å². The molecule has 0 aliphatic rings. The molecule has 0 aliphatic heterocycles. The second-order valence-electron chi connectivity index (χ2n) is 4.54. The summed E-state index contributed by atoms with van der Waals surface area (Å²) in [6.45, 7) is 1.60. The standard InChI is InChI=1S/C14H14F3NO4/c1-2-8(19)3-4-11(14(21)22)18-13(20)12-9(16)5-7(15)6-10(12)17/h5-6,11H,2-4H2,1H3,(H,18,20)(H,21,22)/t11-/m0/s1. The van der Waals surface area contributed by atoms with E-state index in [2.05, 4.69) is 0 Å². The first-order valence-electron chi connectivity index (χ1n) is 6.46. The lowest BCUT2D eigenvalue weighted by atomic mass is 10.1. The molecule has 1 aromatic rings. The molecule has 2 N–H and O–H groups in total. The maximum atomic E-state index is 13.4. The van der Waals surface area contributed by atoms with Gasteiger partial charge in [-0.25, -0.2) is 18.0 Å². The molecule has 120 valence electrons. The minimum atomic E-state index is -1.48. The van der Waals surface area contributed by atoms with Crippen molar-refractivity contribution < 1.29 is 32.7 Å². The van der Waals surface area contributed by atoms with E-state index in [-0.39, 0.29) is 25.0 Å². The van der Waals surface area contributed by atoms with Gasteiger partial charge in [0.25, 0.3) is 5.91 Å². The maximum Gasteiger partial charge on any atom is 0.326 e. The zero-order valence-corrected chi connectivity index (χ0v) is 11.7. The maximum absolute atomic E-state index is 13.4. The van der Waals surface area contributed by atoms with Crippen molar-refractivity contribution in [3.63, 3.8) is 0 Å². The Morgan fingerprint density at radius 3 is 2.18 bits per heavy atom. The first-order valence-corrected chi connectivity index (χ1v) is 6.46. The minimum Gasteiger partial charge on any atom is -0.480 e. The fraction of sp³-hybridized carbons (Fsp3) is 0.357. The fourth-order valence-electron chi connectivity index (χ4n) is 1.73. The van der Waals surface area contributed by atoms with Crippen LogP contribution in [0.3, 0.4) is 0 Å². The summed E-state index contributed by atoms with van der Waals surface area (Å²) in [7, 11) is 0. The van der Waals surface area contributed by atoms with Gasteiger partial charge in [0.2, 0.25) is 0 Å². The van der Waals surface area contributed by atoms with Crippen LogP contribution < -0.4 is 5.32 Å². The Kier molecular flexibility index (Phi) is 6.09. The van der Waals surface area contributed by atoms with Crippen LogP contribution in [0.5, 0.6) is 0 Å². The van der Waals surface area contributed by atoms with Gasteiger partial charge in [0, 0.05) is 25.0 Å². The van der Waals surface area contributed by atoms with E-state index in [1.807, 2.05) is 5.32 Å². The summed E-state index contributed by atoms with van der Waals surface area (Å²) in [6.07, 6.45) is -0.0954. The van der Waals surface area contributed by atoms with Crippen LogP contribution in [-0.2, 0) is 9.59 Å². The van der Waals surface area contributed by atoms with Crippen LogP contribution in [0.15, 0.2) is 12.1 Å². The van der Waals surface area contributed by atoms with Gasteiger partial charge in [0.05, 0.1) is 0 Å². The molecule has 22 heavy (non-hydrogen) atoms. The monoisotopic (exact) mass is 317 g/mol. The van der Waals surface area contributed by atoms with Crippen LogP contribution in [0.25, 0.3) is 0 Å². The molecule has 1 amide bonds. The predicted octanol–water partition coefficient (Wildman–Crippen LogP) is 2.05. The number of amides is 1. The van der Waals surface area contributed by atoms with Gasteiger partial charge in [0.15, 0.2) is 0 Å². The summed E-state index contributed by atoms with van der Waals surface area (Å²) in [5.74, 6) is -7.06. The van der Waals surface area contributed by atoms with Gasteiger partial charge in [-0.15, -0.1) is 0 Å². The van der Waals surface area contributed by atoms with E-state index in [0.29, 0.717) is 12.1 Å². The van der Waals surface area contributed by atoms with E-state index >= 15 is 0 Å². The Labute approximate surface area is 124 Å². The van der Waals surface area contributed by atoms with E-state index in [0.717, 1.165) is 0 Å².